The van der Waals surface area contributed by atoms with Crippen LogP contribution >= 0.6 is 35.0 Å². The van der Waals surface area contributed by atoms with Gasteiger partial charge in [-0.05, 0) is 36.8 Å². The molecule has 0 saturated carbocycles. The SMILES string of the molecule is Cc1ccccc1SCC(=O)c1ccc(Cl)cc1Cl. The Labute approximate surface area is 126 Å². The van der Waals surface area contributed by atoms with E-state index in [-0.39, 0.29) is 5.78 Å². The fraction of sp³-hybridized carbons (Fsp3) is 0.133. The Morgan fingerprint density at radius 2 is 1.89 bits per heavy atom. The van der Waals surface area contributed by atoms with E-state index in [9.17, 15) is 4.79 Å². The maximum absolute atomic E-state index is 12.1. The van der Waals surface area contributed by atoms with E-state index in [4.69, 9.17) is 23.2 Å². The van der Waals surface area contributed by atoms with E-state index in [1.807, 2.05) is 31.2 Å². The van der Waals surface area contributed by atoms with Gasteiger partial charge in [0.1, 0.15) is 0 Å². The highest BCUT2D eigenvalue weighted by Gasteiger charge is 2.11. The first-order valence-electron chi connectivity index (χ1n) is 5.74. The van der Waals surface area contributed by atoms with Crippen LogP contribution in [0.2, 0.25) is 10.0 Å². The molecule has 0 amide bonds. The molecule has 0 aromatic heterocycles. The van der Waals surface area contributed by atoms with Gasteiger partial charge in [-0.25, -0.2) is 0 Å². The molecule has 2 aromatic rings. The topological polar surface area (TPSA) is 17.1 Å². The molecule has 0 saturated heterocycles. The molecule has 0 N–H and O–H groups in total. The maximum Gasteiger partial charge on any atom is 0.174 e. The van der Waals surface area contributed by atoms with Crippen molar-refractivity contribution in [2.45, 2.75) is 11.8 Å². The normalized spacial score (nSPS) is 10.5. The lowest BCUT2D eigenvalue weighted by Crippen LogP contribution is -2.03. The summed E-state index contributed by atoms with van der Waals surface area (Å²) >= 11 is 13.4. The molecule has 0 spiro atoms. The number of rotatable bonds is 4. The molecule has 2 rings (SSSR count). The first kappa shape index (κ1) is 14.4. The van der Waals surface area contributed by atoms with Crippen LogP contribution in [-0.4, -0.2) is 11.5 Å². The van der Waals surface area contributed by atoms with Crippen molar-refractivity contribution in [2.75, 3.05) is 5.75 Å². The van der Waals surface area contributed by atoms with Crippen LogP contribution < -0.4 is 0 Å². The van der Waals surface area contributed by atoms with Gasteiger partial charge in [0.2, 0.25) is 0 Å². The fourth-order valence-corrected chi connectivity index (χ4v) is 3.08. The number of halogens is 2. The highest BCUT2D eigenvalue weighted by Crippen LogP contribution is 2.26. The van der Waals surface area contributed by atoms with Crippen molar-refractivity contribution in [3.8, 4) is 0 Å². The Morgan fingerprint density at radius 3 is 2.58 bits per heavy atom. The summed E-state index contributed by atoms with van der Waals surface area (Å²) in [5.74, 6) is 0.376. The third-order valence-electron chi connectivity index (χ3n) is 2.68. The van der Waals surface area contributed by atoms with Crippen molar-refractivity contribution >= 4 is 40.7 Å². The smallest absolute Gasteiger partial charge is 0.174 e. The molecule has 2 aromatic carbocycles. The number of thioether (sulfide) groups is 1. The summed E-state index contributed by atoms with van der Waals surface area (Å²) in [6, 6.07) is 12.9. The van der Waals surface area contributed by atoms with Crippen molar-refractivity contribution in [3.05, 3.63) is 63.6 Å². The predicted octanol–water partition coefficient (Wildman–Crippen LogP) is 5.28. The monoisotopic (exact) mass is 310 g/mol. The summed E-state index contributed by atoms with van der Waals surface area (Å²) in [5.41, 5.74) is 1.69. The number of hydrogen-bond acceptors (Lipinski definition) is 2. The van der Waals surface area contributed by atoms with Gasteiger partial charge in [-0.15, -0.1) is 11.8 Å². The zero-order valence-corrected chi connectivity index (χ0v) is 12.6. The number of carbonyl (C=O) groups excluding carboxylic acids is 1. The van der Waals surface area contributed by atoms with Crippen LogP contribution in [0.4, 0.5) is 0 Å². The van der Waals surface area contributed by atoms with E-state index in [2.05, 4.69) is 0 Å². The molecule has 0 aliphatic carbocycles. The van der Waals surface area contributed by atoms with E-state index < -0.39 is 0 Å². The minimum absolute atomic E-state index is 0.00918. The number of aryl methyl sites for hydroxylation is 1. The molecule has 0 aliphatic rings. The molecule has 0 unspecified atom stereocenters. The third-order valence-corrected chi connectivity index (χ3v) is 4.41. The van der Waals surface area contributed by atoms with Gasteiger partial charge >= 0.3 is 0 Å². The Balaban J connectivity index is 2.08. The number of Topliss-reactive ketones (excluding diaryl/α,β-unsaturated/α-hetero) is 1. The van der Waals surface area contributed by atoms with Gasteiger partial charge in [0.15, 0.2) is 5.78 Å². The first-order valence-corrected chi connectivity index (χ1v) is 7.49. The summed E-state index contributed by atoms with van der Waals surface area (Å²) < 4.78 is 0. The van der Waals surface area contributed by atoms with Gasteiger partial charge < -0.3 is 0 Å². The first-order chi connectivity index (χ1) is 9.08. The molecule has 0 atom stereocenters. The Morgan fingerprint density at radius 1 is 1.16 bits per heavy atom. The number of hydrogen-bond donors (Lipinski definition) is 0. The summed E-state index contributed by atoms with van der Waals surface area (Å²) in [4.78, 5) is 13.2. The van der Waals surface area contributed by atoms with Gasteiger partial charge in [0.05, 0.1) is 10.8 Å². The maximum atomic E-state index is 12.1. The molecule has 19 heavy (non-hydrogen) atoms. The Kier molecular flexibility index (Phi) is 4.92. The molecular weight excluding hydrogens is 299 g/mol. The van der Waals surface area contributed by atoms with Crippen molar-refractivity contribution in [3.63, 3.8) is 0 Å². The molecule has 0 radical (unpaired) electrons. The highest BCUT2D eigenvalue weighted by molar-refractivity contribution is 8.00. The predicted molar refractivity (Wildman–Crippen MR) is 82.7 cm³/mol. The van der Waals surface area contributed by atoms with E-state index in [0.29, 0.717) is 21.4 Å². The van der Waals surface area contributed by atoms with Gasteiger partial charge in [-0.1, -0.05) is 41.4 Å². The van der Waals surface area contributed by atoms with E-state index in [0.717, 1.165) is 4.90 Å². The summed E-state index contributed by atoms with van der Waals surface area (Å²) in [6.45, 7) is 2.03. The van der Waals surface area contributed by atoms with Crippen LogP contribution in [0.25, 0.3) is 0 Å². The molecule has 0 heterocycles. The standard InChI is InChI=1S/C15H12Cl2OS/c1-10-4-2-3-5-15(10)19-9-14(18)12-7-6-11(16)8-13(12)17/h2-8H,9H2,1H3. The van der Waals surface area contributed by atoms with Crippen LogP contribution in [0.1, 0.15) is 15.9 Å². The van der Waals surface area contributed by atoms with E-state index in [1.165, 1.54) is 17.3 Å². The van der Waals surface area contributed by atoms with Crippen molar-refractivity contribution in [1.29, 1.82) is 0 Å². The van der Waals surface area contributed by atoms with Gasteiger partial charge in [0.25, 0.3) is 0 Å². The Bertz CT molecular complexity index is 611. The minimum atomic E-state index is 0.00918. The van der Waals surface area contributed by atoms with Gasteiger partial charge in [-0.3, -0.25) is 4.79 Å². The van der Waals surface area contributed by atoms with Crippen molar-refractivity contribution < 1.29 is 4.79 Å². The van der Waals surface area contributed by atoms with Crippen LogP contribution in [-0.2, 0) is 0 Å². The summed E-state index contributed by atoms with van der Waals surface area (Å²) in [5, 5.41) is 0.941. The second-order valence-electron chi connectivity index (χ2n) is 4.10. The van der Waals surface area contributed by atoms with Gasteiger partial charge in [0, 0.05) is 15.5 Å². The highest BCUT2D eigenvalue weighted by atomic mass is 35.5. The molecule has 1 nitrogen and oxygen atoms in total. The average Bonchev–Trinajstić information content (AvgIpc) is 2.37. The van der Waals surface area contributed by atoms with Crippen LogP contribution in [0.5, 0.6) is 0 Å². The largest absolute Gasteiger partial charge is 0.293 e. The van der Waals surface area contributed by atoms with Crippen LogP contribution in [0, 0.1) is 6.92 Å². The number of ketones is 1. The van der Waals surface area contributed by atoms with Crippen molar-refractivity contribution in [1.82, 2.24) is 0 Å². The Hall–Kier alpha value is -0.960. The second kappa shape index (κ2) is 6.47. The summed E-state index contributed by atoms with van der Waals surface area (Å²) in [6.07, 6.45) is 0. The summed E-state index contributed by atoms with van der Waals surface area (Å²) in [7, 11) is 0. The molecular formula is C15H12Cl2OS. The van der Waals surface area contributed by atoms with Crippen molar-refractivity contribution in [2.24, 2.45) is 0 Å². The lowest BCUT2D eigenvalue weighted by molar-refractivity contribution is 0.102. The zero-order chi connectivity index (χ0) is 13.8. The lowest BCUT2D eigenvalue weighted by atomic mass is 10.1. The number of benzene rings is 2. The molecule has 98 valence electrons. The molecule has 0 fully saturated rings. The van der Waals surface area contributed by atoms with Crippen LogP contribution in [0.3, 0.4) is 0 Å². The average molecular weight is 311 g/mol. The fourth-order valence-electron chi connectivity index (χ4n) is 1.66. The molecule has 0 bridgehead atoms. The molecule has 4 heteroatoms. The number of carbonyl (C=O) groups is 1. The quantitative estimate of drug-likeness (QED) is 0.564. The zero-order valence-electron chi connectivity index (χ0n) is 10.3. The van der Waals surface area contributed by atoms with E-state index in [1.54, 1.807) is 18.2 Å². The van der Waals surface area contributed by atoms with Crippen LogP contribution in [0.15, 0.2) is 47.4 Å². The van der Waals surface area contributed by atoms with E-state index >= 15 is 0 Å². The minimum Gasteiger partial charge on any atom is -0.293 e. The lowest BCUT2D eigenvalue weighted by Gasteiger charge is -2.06. The second-order valence-corrected chi connectivity index (χ2v) is 5.96. The third kappa shape index (κ3) is 3.75. The molecule has 0 aliphatic heterocycles. The van der Waals surface area contributed by atoms with Gasteiger partial charge in [-0.2, -0.15) is 0 Å².